The largest absolute Gasteiger partial charge is 0.454 e. The van der Waals surface area contributed by atoms with Gasteiger partial charge < -0.3 is 34.2 Å². The van der Waals surface area contributed by atoms with Gasteiger partial charge in [-0.3, -0.25) is 9.59 Å². The first-order valence-corrected chi connectivity index (χ1v) is 13.4. The maximum atomic E-state index is 13.4. The number of carbonyl (C=O) groups is 3. The van der Waals surface area contributed by atoms with Crippen LogP contribution in [0.5, 0.6) is 11.5 Å². The molecule has 0 saturated carbocycles. The first-order chi connectivity index (χ1) is 19.5. The monoisotopic (exact) mass is 542 g/mol. The number of anilines is 1. The molecule has 0 radical (unpaired) electrons. The minimum atomic E-state index is -0.383. The molecule has 40 heavy (non-hydrogen) atoms. The van der Waals surface area contributed by atoms with E-state index in [1.165, 1.54) is 0 Å². The van der Waals surface area contributed by atoms with E-state index < -0.39 is 0 Å². The van der Waals surface area contributed by atoms with Crippen molar-refractivity contribution >= 4 is 23.6 Å². The number of benzene rings is 3. The second-order valence-corrected chi connectivity index (χ2v) is 9.81. The van der Waals surface area contributed by atoms with E-state index in [9.17, 15) is 14.4 Å². The second-order valence-electron chi connectivity index (χ2n) is 9.81. The molecule has 3 aliphatic rings. The predicted octanol–water partition coefficient (Wildman–Crippen LogP) is 4.10. The summed E-state index contributed by atoms with van der Waals surface area (Å²) in [6, 6.07) is 20.6. The Kier molecular flexibility index (Phi) is 6.90. The minimum Gasteiger partial charge on any atom is -0.454 e. The molecule has 0 aromatic heterocycles. The Morgan fingerprint density at radius 2 is 1.65 bits per heavy atom. The van der Waals surface area contributed by atoms with E-state index in [1.54, 1.807) is 33.8 Å². The molecular formula is C30H30N4O6. The number of nitrogens with zero attached hydrogens (tertiary/aromatic N) is 3. The van der Waals surface area contributed by atoms with Crippen molar-refractivity contribution in [2.75, 3.05) is 44.9 Å². The van der Waals surface area contributed by atoms with Gasteiger partial charge in [-0.15, -0.1) is 0 Å². The number of fused-ring (bicyclic) bond motifs is 2. The van der Waals surface area contributed by atoms with Crippen LogP contribution in [0.4, 0.5) is 10.5 Å². The van der Waals surface area contributed by atoms with Crippen LogP contribution in [0.25, 0.3) is 0 Å². The molecule has 1 atom stereocenters. The smallest absolute Gasteiger partial charge is 0.409 e. The van der Waals surface area contributed by atoms with E-state index in [1.807, 2.05) is 54.6 Å². The fourth-order valence-electron chi connectivity index (χ4n) is 5.28. The highest BCUT2D eigenvalue weighted by Gasteiger charge is 2.36. The third-order valence-electron chi connectivity index (χ3n) is 7.38. The Morgan fingerprint density at radius 3 is 2.42 bits per heavy atom. The van der Waals surface area contributed by atoms with Crippen LogP contribution in [0.1, 0.15) is 44.9 Å². The van der Waals surface area contributed by atoms with Gasteiger partial charge in [0.1, 0.15) is 6.17 Å². The van der Waals surface area contributed by atoms with Gasteiger partial charge >= 0.3 is 6.09 Å². The Morgan fingerprint density at radius 1 is 0.925 bits per heavy atom. The molecule has 1 fully saturated rings. The normalized spacial score (nSPS) is 17.6. The Bertz CT molecular complexity index is 1430. The standard InChI is InChI=1S/C30H30N4O6/c1-2-38-30(37)33-15-13-32(14-16-33)28(35)21-8-10-22(11-9-21)31-27-23-5-3-4-6-24(23)29(36)34(27)18-20-7-12-25-26(17-20)40-19-39-25/h3-12,17,27,31H,2,13-16,18-19H2,1H3. The Balaban J connectivity index is 1.15. The van der Waals surface area contributed by atoms with Crippen LogP contribution >= 0.6 is 0 Å². The molecule has 10 heteroatoms. The average molecular weight is 543 g/mol. The van der Waals surface area contributed by atoms with Gasteiger partial charge in [0, 0.05) is 55.1 Å². The number of hydrogen-bond donors (Lipinski definition) is 1. The molecule has 3 aromatic carbocycles. The Hall–Kier alpha value is -4.73. The summed E-state index contributed by atoms with van der Waals surface area (Å²) in [6.45, 7) is 4.47. The molecular weight excluding hydrogens is 512 g/mol. The van der Waals surface area contributed by atoms with Gasteiger partial charge in [-0.25, -0.2) is 4.79 Å². The average Bonchev–Trinajstić information content (AvgIpc) is 3.56. The van der Waals surface area contributed by atoms with E-state index in [2.05, 4.69) is 5.32 Å². The van der Waals surface area contributed by atoms with Gasteiger partial charge in [0.05, 0.1) is 6.61 Å². The lowest BCUT2D eigenvalue weighted by Gasteiger charge is -2.34. The van der Waals surface area contributed by atoms with Crippen molar-refractivity contribution < 1.29 is 28.6 Å². The lowest BCUT2D eigenvalue weighted by atomic mass is 10.1. The van der Waals surface area contributed by atoms with E-state index >= 15 is 0 Å². The molecule has 0 aliphatic carbocycles. The van der Waals surface area contributed by atoms with Gasteiger partial charge in [0.2, 0.25) is 6.79 Å². The lowest BCUT2D eigenvalue weighted by molar-refractivity contribution is 0.0570. The molecule has 3 aliphatic heterocycles. The van der Waals surface area contributed by atoms with E-state index in [4.69, 9.17) is 14.2 Å². The van der Waals surface area contributed by atoms with E-state index in [-0.39, 0.29) is 30.9 Å². The van der Waals surface area contributed by atoms with Gasteiger partial charge in [-0.05, 0) is 55.0 Å². The van der Waals surface area contributed by atoms with Gasteiger partial charge in [-0.1, -0.05) is 24.3 Å². The minimum absolute atomic E-state index is 0.0560. The number of amides is 3. The molecule has 10 nitrogen and oxygen atoms in total. The third-order valence-corrected chi connectivity index (χ3v) is 7.38. The zero-order chi connectivity index (χ0) is 27.6. The van der Waals surface area contributed by atoms with E-state index in [0.29, 0.717) is 62.0 Å². The van der Waals surface area contributed by atoms with Crippen molar-refractivity contribution in [1.82, 2.24) is 14.7 Å². The van der Waals surface area contributed by atoms with Crippen molar-refractivity contribution in [2.45, 2.75) is 19.6 Å². The quantitative estimate of drug-likeness (QED) is 0.501. The fraction of sp³-hybridized carbons (Fsp3) is 0.300. The predicted molar refractivity (Wildman–Crippen MR) is 146 cm³/mol. The number of hydrogen-bond acceptors (Lipinski definition) is 7. The second kappa shape index (κ2) is 10.8. The number of piperazine rings is 1. The molecule has 0 bridgehead atoms. The molecule has 3 aromatic rings. The maximum Gasteiger partial charge on any atom is 0.409 e. The highest BCUT2D eigenvalue weighted by Crippen LogP contribution is 2.38. The first kappa shape index (κ1) is 25.5. The highest BCUT2D eigenvalue weighted by molar-refractivity contribution is 5.99. The van der Waals surface area contributed by atoms with Crippen molar-refractivity contribution in [2.24, 2.45) is 0 Å². The number of carbonyl (C=O) groups excluding carboxylic acids is 3. The van der Waals surface area contributed by atoms with Crippen LogP contribution in [-0.4, -0.2) is 72.2 Å². The lowest BCUT2D eigenvalue weighted by Crippen LogP contribution is -2.50. The topological polar surface area (TPSA) is 101 Å². The van der Waals surface area contributed by atoms with Crippen LogP contribution in [0.3, 0.4) is 0 Å². The van der Waals surface area contributed by atoms with Gasteiger partial charge in [0.15, 0.2) is 11.5 Å². The van der Waals surface area contributed by atoms with Crippen molar-refractivity contribution in [3.63, 3.8) is 0 Å². The summed E-state index contributed by atoms with van der Waals surface area (Å²) in [4.78, 5) is 43.6. The number of rotatable bonds is 6. The summed E-state index contributed by atoms with van der Waals surface area (Å²) in [5.41, 5.74) is 3.84. The maximum absolute atomic E-state index is 13.4. The van der Waals surface area contributed by atoms with Crippen molar-refractivity contribution in [3.8, 4) is 11.5 Å². The number of ether oxygens (including phenoxy) is 3. The molecule has 0 spiro atoms. The molecule has 1 N–H and O–H groups in total. The summed E-state index contributed by atoms with van der Waals surface area (Å²) in [7, 11) is 0. The zero-order valence-electron chi connectivity index (χ0n) is 22.2. The summed E-state index contributed by atoms with van der Waals surface area (Å²) < 4.78 is 16.0. The van der Waals surface area contributed by atoms with Crippen LogP contribution in [-0.2, 0) is 11.3 Å². The fourth-order valence-corrected chi connectivity index (χ4v) is 5.28. The van der Waals surface area contributed by atoms with Crippen molar-refractivity contribution in [3.05, 3.63) is 89.0 Å². The molecule has 1 saturated heterocycles. The van der Waals surface area contributed by atoms with Gasteiger partial charge in [-0.2, -0.15) is 0 Å². The van der Waals surface area contributed by atoms with Crippen LogP contribution in [0, 0.1) is 0 Å². The van der Waals surface area contributed by atoms with Crippen LogP contribution < -0.4 is 14.8 Å². The zero-order valence-corrected chi connectivity index (χ0v) is 22.2. The molecule has 3 heterocycles. The number of nitrogens with one attached hydrogen (secondary N) is 1. The SMILES string of the molecule is CCOC(=O)N1CCN(C(=O)c2ccc(NC3c4ccccc4C(=O)N3Cc3ccc4c(c3)OCO4)cc2)CC1. The highest BCUT2D eigenvalue weighted by atomic mass is 16.7. The van der Waals surface area contributed by atoms with Gasteiger partial charge in [0.25, 0.3) is 11.8 Å². The molecule has 3 amide bonds. The molecule has 6 rings (SSSR count). The Labute approximate surface area is 232 Å². The first-order valence-electron chi connectivity index (χ1n) is 13.4. The summed E-state index contributed by atoms with van der Waals surface area (Å²) >= 11 is 0. The summed E-state index contributed by atoms with van der Waals surface area (Å²) in [5, 5.41) is 3.49. The summed E-state index contributed by atoms with van der Waals surface area (Å²) in [5.74, 6) is 1.24. The molecule has 206 valence electrons. The van der Waals surface area contributed by atoms with Crippen LogP contribution in [0.2, 0.25) is 0 Å². The van der Waals surface area contributed by atoms with E-state index in [0.717, 1.165) is 16.8 Å². The van der Waals surface area contributed by atoms with Crippen LogP contribution in [0.15, 0.2) is 66.7 Å². The molecule has 1 unspecified atom stereocenters. The van der Waals surface area contributed by atoms with Crippen molar-refractivity contribution in [1.29, 1.82) is 0 Å². The third kappa shape index (κ3) is 4.88. The summed E-state index contributed by atoms with van der Waals surface area (Å²) in [6.07, 6.45) is -0.726.